The second-order valence-corrected chi connectivity index (χ2v) is 3.31. The molecule has 0 heterocycles. The predicted octanol–water partition coefficient (Wildman–Crippen LogP) is 3.70. The number of benzene rings is 1. The van der Waals surface area contributed by atoms with Gasteiger partial charge < -0.3 is 10.2 Å². The number of aryl methyl sites for hydroxylation is 1. The number of hydrogen-bond acceptors (Lipinski definition) is 2. The zero-order valence-corrected chi connectivity index (χ0v) is 12.7. The molecule has 0 saturated heterocycles. The minimum absolute atomic E-state index is 1.02. The van der Waals surface area contributed by atoms with Gasteiger partial charge >= 0.3 is 0 Å². The molecule has 0 amide bonds. The van der Waals surface area contributed by atoms with Crippen molar-refractivity contribution in [3.8, 4) is 0 Å². The summed E-state index contributed by atoms with van der Waals surface area (Å²) in [5, 5.41) is 3.15. The van der Waals surface area contributed by atoms with Crippen LogP contribution in [0.2, 0.25) is 0 Å². The van der Waals surface area contributed by atoms with Crippen LogP contribution in [0.15, 0.2) is 24.3 Å². The number of para-hydroxylation sites is 1. The van der Waals surface area contributed by atoms with Gasteiger partial charge in [-0.15, -0.1) is 0 Å². The molecular formula is C15H30N2. The van der Waals surface area contributed by atoms with E-state index in [0.717, 1.165) is 13.1 Å². The molecule has 2 nitrogen and oxygen atoms in total. The lowest BCUT2D eigenvalue weighted by molar-refractivity contribution is 0.766. The topological polar surface area (TPSA) is 15.3 Å². The van der Waals surface area contributed by atoms with Gasteiger partial charge in [0.15, 0.2) is 0 Å². The van der Waals surface area contributed by atoms with Crippen LogP contribution in [-0.4, -0.2) is 27.2 Å². The summed E-state index contributed by atoms with van der Waals surface area (Å²) in [4.78, 5) is 2.27. The molecule has 0 fully saturated rings. The number of nitrogens with one attached hydrogen (secondary N) is 1. The molecule has 1 N–H and O–H groups in total. The Balaban J connectivity index is 0. The van der Waals surface area contributed by atoms with Crippen LogP contribution in [-0.2, 0) is 0 Å². The number of rotatable bonds is 4. The summed E-state index contributed by atoms with van der Waals surface area (Å²) < 4.78 is 0. The molecule has 0 spiro atoms. The Hall–Kier alpha value is -1.02. The van der Waals surface area contributed by atoms with E-state index in [4.69, 9.17) is 0 Å². The molecule has 0 aliphatic rings. The number of anilines is 1. The van der Waals surface area contributed by atoms with E-state index in [9.17, 15) is 0 Å². The van der Waals surface area contributed by atoms with Gasteiger partial charge in [-0.05, 0) is 25.6 Å². The first-order valence-electron chi connectivity index (χ1n) is 6.67. The van der Waals surface area contributed by atoms with Crippen LogP contribution in [0.4, 0.5) is 5.69 Å². The predicted molar refractivity (Wildman–Crippen MR) is 81.1 cm³/mol. The Kier molecular flexibility index (Phi) is 14.1. The zero-order chi connectivity index (χ0) is 13.7. The third-order valence-electron chi connectivity index (χ3n) is 2.22. The first-order valence-corrected chi connectivity index (χ1v) is 6.67. The molecule has 0 aromatic heterocycles. The average Bonchev–Trinajstić information content (AvgIpc) is 2.41. The first kappa shape index (κ1) is 18.3. The van der Waals surface area contributed by atoms with E-state index in [-0.39, 0.29) is 0 Å². The van der Waals surface area contributed by atoms with Crippen molar-refractivity contribution >= 4 is 5.69 Å². The highest BCUT2D eigenvalue weighted by Crippen LogP contribution is 2.16. The van der Waals surface area contributed by atoms with Gasteiger partial charge in [-0.2, -0.15) is 0 Å². The largest absolute Gasteiger partial charge is 0.373 e. The van der Waals surface area contributed by atoms with E-state index < -0.39 is 0 Å². The molecule has 0 radical (unpaired) electrons. The van der Waals surface area contributed by atoms with Crippen molar-refractivity contribution in [2.24, 2.45) is 0 Å². The second-order valence-electron chi connectivity index (χ2n) is 3.31. The van der Waals surface area contributed by atoms with Crippen molar-refractivity contribution in [2.75, 3.05) is 32.1 Å². The highest BCUT2D eigenvalue weighted by atomic mass is 15.1. The van der Waals surface area contributed by atoms with Crippen LogP contribution >= 0.6 is 0 Å². The zero-order valence-electron chi connectivity index (χ0n) is 12.7. The number of likely N-dealkylation sites (N-methyl/N-ethyl adjacent to an activating group) is 2. The van der Waals surface area contributed by atoms with Gasteiger partial charge in [0.05, 0.1) is 0 Å². The molecule has 0 saturated carbocycles. The fourth-order valence-electron chi connectivity index (χ4n) is 1.39. The Labute approximate surface area is 108 Å². The van der Waals surface area contributed by atoms with E-state index in [1.165, 1.54) is 11.3 Å². The molecule has 0 bridgehead atoms. The standard InChI is InChI=1S/C11H18N2.2C2H6/c1-10-6-4-5-7-11(10)13(3)9-8-12-2;2*1-2/h4-7,12H,8-9H2,1-3H3;2*1-2H3. The molecule has 100 valence electrons. The highest BCUT2D eigenvalue weighted by molar-refractivity contribution is 5.52. The quantitative estimate of drug-likeness (QED) is 0.860. The molecule has 1 aromatic rings. The number of nitrogens with zero attached hydrogens (tertiary/aromatic N) is 1. The second kappa shape index (κ2) is 13.0. The fourth-order valence-corrected chi connectivity index (χ4v) is 1.39. The van der Waals surface area contributed by atoms with Crippen LogP contribution in [0.5, 0.6) is 0 Å². The summed E-state index contributed by atoms with van der Waals surface area (Å²) in [5.74, 6) is 0. The van der Waals surface area contributed by atoms with Crippen LogP contribution in [0.1, 0.15) is 33.3 Å². The maximum atomic E-state index is 3.15. The summed E-state index contributed by atoms with van der Waals surface area (Å²) in [5.41, 5.74) is 2.65. The maximum absolute atomic E-state index is 3.15. The minimum Gasteiger partial charge on any atom is -0.373 e. The Morgan fingerprint density at radius 3 is 2.06 bits per heavy atom. The third kappa shape index (κ3) is 7.81. The van der Waals surface area contributed by atoms with Crippen molar-refractivity contribution in [3.05, 3.63) is 29.8 Å². The van der Waals surface area contributed by atoms with Crippen molar-refractivity contribution in [1.82, 2.24) is 5.32 Å². The Morgan fingerprint density at radius 1 is 1.06 bits per heavy atom. The molecule has 1 rings (SSSR count). The van der Waals surface area contributed by atoms with Gasteiger partial charge in [0.2, 0.25) is 0 Å². The number of hydrogen-bond donors (Lipinski definition) is 1. The lowest BCUT2D eigenvalue weighted by atomic mass is 10.2. The SMILES string of the molecule is CC.CC.CNCCN(C)c1ccccc1C. The molecule has 2 heteroatoms. The molecule has 1 aromatic carbocycles. The smallest absolute Gasteiger partial charge is 0.0393 e. The molecule has 0 aliphatic carbocycles. The fraction of sp³-hybridized carbons (Fsp3) is 0.600. The summed E-state index contributed by atoms with van der Waals surface area (Å²) in [7, 11) is 4.10. The minimum atomic E-state index is 1.02. The average molecular weight is 238 g/mol. The van der Waals surface area contributed by atoms with Crippen molar-refractivity contribution in [3.63, 3.8) is 0 Å². The summed E-state index contributed by atoms with van der Waals surface area (Å²) >= 11 is 0. The van der Waals surface area contributed by atoms with E-state index in [0.29, 0.717) is 0 Å². The van der Waals surface area contributed by atoms with Crippen LogP contribution in [0.3, 0.4) is 0 Å². The van der Waals surface area contributed by atoms with Crippen molar-refractivity contribution in [1.29, 1.82) is 0 Å². The van der Waals surface area contributed by atoms with Crippen LogP contribution < -0.4 is 10.2 Å². The molecular weight excluding hydrogens is 208 g/mol. The van der Waals surface area contributed by atoms with Gasteiger partial charge in [-0.3, -0.25) is 0 Å². The van der Waals surface area contributed by atoms with E-state index in [2.05, 4.69) is 48.5 Å². The van der Waals surface area contributed by atoms with Gasteiger partial charge in [-0.25, -0.2) is 0 Å². The lowest BCUT2D eigenvalue weighted by Crippen LogP contribution is -2.27. The lowest BCUT2D eigenvalue weighted by Gasteiger charge is -2.20. The van der Waals surface area contributed by atoms with E-state index >= 15 is 0 Å². The normalized spacial score (nSPS) is 8.41. The van der Waals surface area contributed by atoms with Crippen molar-refractivity contribution < 1.29 is 0 Å². The van der Waals surface area contributed by atoms with Crippen LogP contribution in [0.25, 0.3) is 0 Å². The van der Waals surface area contributed by atoms with Crippen LogP contribution in [0, 0.1) is 6.92 Å². The molecule has 0 aliphatic heterocycles. The summed E-state index contributed by atoms with van der Waals surface area (Å²) in [6.07, 6.45) is 0. The summed E-state index contributed by atoms with van der Waals surface area (Å²) in [6.45, 7) is 12.2. The monoisotopic (exact) mass is 238 g/mol. The van der Waals surface area contributed by atoms with Gasteiger partial charge in [0.1, 0.15) is 0 Å². The van der Waals surface area contributed by atoms with E-state index in [1.807, 2.05) is 34.7 Å². The first-order chi connectivity index (χ1) is 8.25. The Bertz CT molecular complexity index is 259. The maximum Gasteiger partial charge on any atom is 0.0393 e. The van der Waals surface area contributed by atoms with E-state index in [1.54, 1.807) is 0 Å². The summed E-state index contributed by atoms with van der Waals surface area (Å²) in [6, 6.07) is 8.46. The van der Waals surface area contributed by atoms with Gasteiger partial charge in [-0.1, -0.05) is 45.9 Å². The highest BCUT2D eigenvalue weighted by Gasteiger charge is 2.01. The Morgan fingerprint density at radius 2 is 1.59 bits per heavy atom. The van der Waals surface area contributed by atoms with Gasteiger partial charge in [0, 0.05) is 25.8 Å². The third-order valence-corrected chi connectivity index (χ3v) is 2.22. The molecule has 0 unspecified atom stereocenters. The molecule has 17 heavy (non-hydrogen) atoms. The van der Waals surface area contributed by atoms with Crippen molar-refractivity contribution in [2.45, 2.75) is 34.6 Å². The van der Waals surface area contributed by atoms with Gasteiger partial charge in [0.25, 0.3) is 0 Å². The molecule has 0 atom stereocenters.